The Balaban J connectivity index is 2.50. The molecule has 0 aliphatic heterocycles. The average Bonchev–Trinajstić information content (AvgIpc) is 2.44. The van der Waals surface area contributed by atoms with E-state index in [2.05, 4.69) is 24.1 Å². The molecule has 0 fully saturated rings. The van der Waals surface area contributed by atoms with Crippen molar-refractivity contribution in [2.75, 3.05) is 25.0 Å². The lowest BCUT2D eigenvalue weighted by Gasteiger charge is -2.21. The lowest BCUT2D eigenvalue weighted by atomic mass is 10.2. The van der Waals surface area contributed by atoms with Crippen LogP contribution >= 0.6 is 0 Å². The third kappa shape index (κ3) is 6.20. The minimum atomic E-state index is 0.0894. The van der Waals surface area contributed by atoms with Crippen LogP contribution in [-0.4, -0.2) is 30.4 Å². The summed E-state index contributed by atoms with van der Waals surface area (Å²) in [5.74, 6) is 0.0894. The molecule has 20 heavy (non-hydrogen) atoms. The number of hydrogen-bond donors (Lipinski definition) is 1. The summed E-state index contributed by atoms with van der Waals surface area (Å²) >= 11 is 0. The van der Waals surface area contributed by atoms with Gasteiger partial charge in [-0.1, -0.05) is 44.9 Å². The van der Waals surface area contributed by atoms with Crippen molar-refractivity contribution >= 4 is 11.6 Å². The number of hydrogen-bond acceptors (Lipinski definition) is 2. The molecule has 0 heterocycles. The summed E-state index contributed by atoms with van der Waals surface area (Å²) in [6, 6.07) is 7.91. The first-order valence-electron chi connectivity index (χ1n) is 7.75. The number of carbonyl (C=O) groups is 1. The first-order chi connectivity index (χ1) is 9.67. The van der Waals surface area contributed by atoms with Crippen molar-refractivity contribution in [3.05, 3.63) is 29.8 Å². The molecule has 0 saturated heterocycles. The second kappa shape index (κ2) is 9.54. The highest BCUT2D eigenvalue weighted by molar-refractivity contribution is 5.92. The maximum atomic E-state index is 12.1. The van der Waals surface area contributed by atoms with Crippen LogP contribution in [0.5, 0.6) is 0 Å². The minimum Gasteiger partial charge on any atom is -0.325 e. The smallest absolute Gasteiger partial charge is 0.238 e. The highest BCUT2D eigenvalue weighted by Gasteiger charge is 2.10. The first-order valence-corrected chi connectivity index (χ1v) is 7.75. The van der Waals surface area contributed by atoms with Crippen molar-refractivity contribution in [1.82, 2.24) is 4.90 Å². The van der Waals surface area contributed by atoms with Gasteiger partial charge in [0.15, 0.2) is 0 Å². The standard InChI is InChI=1S/C17H28N2O/c1-4-6-12-19(13-7-5-2)14-17(20)18-16-11-9-8-10-15(16)3/h8-11H,4-7,12-14H2,1-3H3,(H,18,20). The van der Waals surface area contributed by atoms with Crippen molar-refractivity contribution in [2.24, 2.45) is 0 Å². The third-order valence-electron chi connectivity index (χ3n) is 3.44. The molecule has 0 atom stereocenters. The zero-order valence-corrected chi connectivity index (χ0v) is 13.1. The van der Waals surface area contributed by atoms with E-state index in [1.165, 1.54) is 12.8 Å². The zero-order valence-electron chi connectivity index (χ0n) is 13.1. The van der Waals surface area contributed by atoms with E-state index in [-0.39, 0.29) is 5.91 Å². The highest BCUT2D eigenvalue weighted by atomic mass is 16.2. The summed E-state index contributed by atoms with van der Waals surface area (Å²) in [6.07, 6.45) is 4.65. The van der Waals surface area contributed by atoms with Crippen molar-refractivity contribution < 1.29 is 4.79 Å². The number of unbranched alkanes of at least 4 members (excludes halogenated alkanes) is 2. The number of anilines is 1. The molecule has 0 spiro atoms. The van der Waals surface area contributed by atoms with E-state index in [4.69, 9.17) is 0 Å². The van der Waals surface area contributed by atoms with Gasteiger partial charge >= 0.3 is 0 Å². The Morgan fingerprint density at radius 2 is 1.70 bits per heavy atom. The molecule has 1 rings (SSSR count). The second-order valence-electron chi connectivity index (χ2n) is 5.35. The maximum absolute atomic E-state index is 12.1. The molecule has 0 aliphatic carbocycles. The molecule has 1 N–H and O–H groups in total. The molecule has 0 aromatic heterocycles. The minimum absolute atomic E-state index is 0.0894. The lowest BCUT2D eigenvalue weighted by molar-refractivity contribution is -0.117. The van der Waals surface area contributed by atoms with Gasteiger partial charge in [-0.25, -0.2) is 0 Å². The fourth-order valence-electron chi connectivity index (χ4n) is 2.14. The Morgan fingerprint density at radius 1 is 1.10 bits per heavy atom. The van der Waals surface area contributed by atoms with E-state index >= 15 is 0 Å². The van der Waals surface area contributed by atoms with E-state index < -0.39 is 0 Å². The first kappa shape index (κ1) is 16.7. The second-order valence-corrected chi connectivity index (χ2v) is 5.35. The largest absolute Gasteiger partial charge is 0.325 e. The van der Waals surface area contributed by atoms with E-state index in [9.17, 15) is 4.79 Å². The molecule has 112 valence electrons. The molecule has 0 radical (unpaired) electrons. The summed E-state index contributed by atoms with van der Waals surface area (Å²) in [5.41, 5.74) is 2.03. The fraction of sp³-hybridized carbons (Fsp3) is 0.588. The average molecular weight is 276 g/mol. The topological polar surface area (TPSA) is 32.3 Å². The summed E-state index contributed by atoms with van der Waals surface area (Å²) in [5, 5.41) is 3.01. The Bertz CT molecular complexity index is 396. The molecule has 3 heteroatoms. The number of nitrogens with one attached hydrogen (secondary N) is 1. The Morgan fingerprint density at radius 3 is 2.25 bits per heavy atom. The van der Waals surface area contributed by atoms with Gasteiger partial charge in [-0.05, 0) is 44.5 Å². The lowest BCUT2D eigenvalue weighted by Crippen LogP contribution is -2.34. The molecular formula is C17H28N2O. The number of benzene rings is 1. The van der Waals surface area contributed by atoms with E-state index in [1.54, 1.807) is 0 Å². The van der Waals surface area contributed by atoms with Gasteiger partial charge in [0, 0.05) is 5.69 Å². The van der Waals surface area contributed by atoms with Gasteiger partial charge in [0.2, 0.25) is 5.91 Å². The van der Waals surface area contributed by atoms with Gasteiger partial charge in [-0.15, -0.1) is 0 Å². The zero-order chi connectivity index (χ0) is 14.8. The normalized spacial score (nSPS) is 10.8. The highest BCUT2D eigenvalue weighted by Crippen LogP contribution is 2.13. The number of aryl methyl sites for hydroxylation is 1. The molecule has 3 nitrogen and oxygen atoms in total. The van der Waals surface area contributed by atoms with Crippen LogP contribution < -0.4 is 5.32 Å². The number of para-hydroxylation sites is 1. The van der Waals surface area contributed by atoms with Crippen LogP contribution in [0.15, 0.2) is 24.3 Å². The third-order valence-corrected chi connectivity index (χ3v) is 3.44. The maximum Gasteiger partial charge on any atom is 0.238 e. The SMILES string of the molecule is CCCCN(CCCC)CC(=O)Nc1ccccc1C. The van der Waals surface area contributed by atoms with Crippen LogP contribution in [0.4, 0.5) is 5.69 Å². The summed E-state index contributed by atoms with van der Waals surface area (Å²) in [6.45, 7) is 8.90. The van der Waals surface area contributed by atoms with Gasteiger partial charge < -0.3 is 5.32 Å². The molecule has 0 aliphatic rings. The van der Waals surface area contributed by atoms with Gasteiger partial charge in [-0.2, -0.15) is 0 Å². The fourth-order valence-corrected chi connectivity index (χ4v) is 2.14. The predicted molar refractivity (Wildman–Crippen MR) is 86.1 cm³/mol. The Hall–Kier alpha value is -1.35. The van der Waals surface area contributed by atoms with Crippen LogP contribution in [-0.2, 0) is 4.79 Å². The molecule has 0 unspecified atom stereocenters. The number of nitrogens with zero attached hydrogens (tertiary/aromatic N) is 1. The summed E-state index contributed by atoms with van der Waals surface area (Å²) < 4.78 is 0. The van der Waals surface area contributed by atoms with E-state index in [0.717, 1.165) is 37.2 Å². The van der Waals surface area contributed by atoms with Crippen molar-refractivity contribution in [2.45, 2.75) is 46.5 Å². The predicted octanol–water partition coefficient (Wildman–Crippen LogP) is 3.84. The quantitative estimate of drug-likeness (QED) is 0.743. The van der Waals surface area contributed by atoms with Gasteiger partial charge in [0.1, 0.15) is 0 Å². The molecule has 1 aromatic rings. The summed E-state index contributed by atoms with van der Waals surface area (Å²) in [4.78, 5) is 14.4. The van der Waals surface area contributed by atoms with Gasteiger partial charge in [0.25, 0.3) is 0 Å². The molecule has 0 bridgehead atoms. The summed E-state index contributed by atoms with van der Waals surface area (Å²) in [7, 11) is 0. The van der Waals surface area contributed by atoms with Gasteiger partial charge in [0.05, 0.1) is 6.54 Å². The van der Waals surface area contributed by atoms with E-state index in [0.29, 0.717) is 6.54 Å². The van der Waals surface area contributed by atoms with Gasteiger partial charge in [-0.3, -0.25) is 9.69 Å². The number of carbonyl (C=O) groups excluding carboxylic acids is 1. The van der Waals surface area contributed by atoms with Crippen molar-refractivity contribution in [1.29, 1.82) is 0 Å². The van der Waals surface area contributed by atoms with Crippen LogP contribution in [0.25, 0.3) is 0 Å². The monoisotopic (exact) mass is 276 g/mol. The van der Waals surface area contributed by atoms with Crippen LogP contribution in [0.2, 0.25) is 0 Å². The number of rotatable bonds is 9. The van der Waals surface area contributed by atoms with Crippen molar-refractivity contribution in [3.8, 4) is 0 Å². The Labute approximate surface area is 123 Å². The van der Waals surface area contributed by atoms with Crippen LogP contribution in [0.3, 0.4) is 0 Å². The molecule has 1 amide bonds. The van der Waals surface area contributed by atoms with Crippen molar-refractivity contribution in [3.63, 3.8) is 0 Å². The molecule has 1 aromatic carbocycles. The van der Waals surface area contributed by atoms with Crippen LogP contribution in [0, 0.1) is 6.92 Å². The van der Waals surface area contributed by atoms with E-state index in [1.807, 2.05) is 31.2 Å². The molecule has 0 saturated carbocycles. The Kier molecular flexibility index (Phi) is 7.97. The number of amides is 1. The van der Waals surface area contributed by atoms with Crippen LogP contribution in [0.1, 0.15) is 45.1 Å². The molecular weight excluding hydrogens is 248 g/mol.